The number of hydrogen-bond acceptors (Lipinski definition) is 5. The van der Waals surface area contributed by atoms with E-state index in [0.29, 0.717) is 23.9 Å². The van der Waals surface area contributed by atoms with Gasteiger partial charge in [0.25, 0.3) is 0 Å². The number of rotatable bonds is 46. The normalized spacial score (nSPS) is 14.2. The Labute approximate surface area is 355 Å². The molecular formula is C48H100N2O6P+. The number of quaternary nitrogens is 1. The third kappa shape index (κ3) is 43.4. The maximum absolute atomic E-state index is 12.9. The van der Waals surface area contributed by atoms with Gasteiger partial charge in [0.15, 0.2) is 0 Å². The molecule has 0 aromatic carbocycles. The summed E-state index contributed by atoms with van der Waals surface area (Å²) in [7, 11) is 1.63. The van der Waals surface area contributed by atoms with Gasteiger partial charge in [0.2, 0.25) is 5.91 Å². The Balaban J connectivity index is 4.17. The molecule has 0 saturated carbocycles. The Morgan fingerprint density at radius 1 is 0.526 bits per heavy atom. The van der Waals surface area contributed by atoms with Crippen LogP contribution in [0.3, 0.4) is 0 Å². The molecule has 57 heavy (non-hydrogen) atoms. The summed E-state index contributed by atoms with van der Waals surface area (Å²) in [6.07, 6.45) is 45.6. The van der Waals surface area contributed by atoms with Crippen LogP contribution in [0.25, 0.3) is 0 Å². The van der Waals surface area contributed by atoms with E-state index in [2.05, 4.69) is 19.2 Å². The second-order valence-corrected chi connectivity index (χ2v) is 20.0. The van der Waals surface area contributed by atoms with Crippen LogP contribution in [0.4, 0.5) is 0 Å². The number of nitrogens with zero attached hydrogens (tertiary/aromatic N) is 1. The zero-order valence-electron chi connectivity index (χ0n) is 38.9. The number of nitrogens with one attached hydrogen (secondary N) is 1. The topological polar surface area (TPSA) is 105 Å². The number of carbonyl (C=O) groups excluding carboxylic acids is 1. The van der Waals surface area contributed by atoms with E-state index in [4.69, 9.17) is 9.05 Å². The Bertz CT molecular complexity index is 901. The highest BCUT2D eigenvalue weighted by Crippen LogP contribution is 2.43. The molecular weight excluding hydrogens is 732 g/mol. The van der Waals surface area contributed by atoms with Crippen molar-refractivity contribution in [2.75, 3.05) is 40.9 Å². The number of carbonyl (C=O) groups is 1. The number of hydrogen-bond donors (Lipinski definition) is 3. The summed E-state index contributed by atoms with van der Waals surface area (Å²) in [5.74, 6) is -0.139. The van der Waals surface area contributed by atoms with Gasteiger partial charge in [-0.25, -0.2) is 4.57 Å². The maximum Gasteiger partial charge on any atom is 0.472 e. The largest absolute Gasteiger partial charge is 0.472 e. The first-order valence-corrected chi connectivity index (χ1v) is 26.4. The number of aliphatic hydroxyl groups excluding tert-OH is 1. The van der Waals surface area contributed by atoms with Crippen LogP contribution in [0.5, 0.6) is 0 Å². The summed E-state index contributed by atoms with van der Waals surface area (Å²) in [5, 5.41) is 14.0. The van der Waals surface area contributed by atoms with E-state index in [1.54, 1.807) is 0 Å². The first kappa shape index (κ1) is 56.5. The first-order chi connectivity index (χ1) is 27.5. The first-order valence-electron chi connectivity index (χ1n) is 24.9. The van der Waals surface area contributed by atoms with Crippen molar-refractivity contribution in [1.82, 2.24) is 5.32 Å². The molecule has 0 saturated heterocycles. The molecule has 0 aliphatic rings. The molecule has 342 valence electrons. The van der Waals surface area contributed by atoms with Crippen molar-refractivity contribution in [2.24, 2.45) is 0 Å². The quantitative estimate of drug-likeness (QED) is 0.0321. The second-order valence-electron chi connectivity index (χ2n) is 18.6. The van der Waals surface area contributed by atoms with Crippen molar-refractivity contribution in [1.29, 1.82) is 0 Å². The Morgan fingerprint density at radius 2 is 0.842 bits per heavy atom. The lowest BCUT2D eigenvalue weighted by molar-refractivity contribution is -0.870. The van der Waals surface area contributed by atoms with Crippen LogP contribution in [0.1, 0.15) is 251 Å². The van der Waals surface area contributed by atoms with Crippen LogP contribution < -0.4 is 5.32 Å². The van der Waals surface area contributed by atoms with Crippen LogP contribution >= 0.6 is 7.82 Å². The maximum atomic E-state index is 12.9. The van der Waals surface area contributed by atoms with E-state index in [1.165, 1.54) is 186 Å². The van der Waals surface area contributed by atoms with Crippen molar-refractivity contribution >= 4 is 13.7 Å². The average molecular weight is 832 g/mol. The number of unbranched alkanes of at least 4 members (excludes halogenated alkanes) is 33. The van der Waals surface area contributed by atoms with Crippen LogP contribution in [-0.2, 0) is 18.4 Å². The molecule has 3 atom stereocenters. The second kappa shape index (κ2) is 40.9. The van der Waals surface area contributed by atoms with Crippen LogP contribution in [0.15, 0.2) is 0 Å². The zero-order valence-corrected chi connectivity index (χ0v) is 39.8. The Kier molecular flexibility index (Phi) is 40.5. The predicted molar refractivity (Wildman–Crippen MR) is 245 cm³/mol. The minimum Gasteiger partial charge on any atom is -0.391 e. The zero-order chi connectivity index (χ0) is 42.1. The highest BCUT2D eigenvalue weighted by Gasteiger charge is 2.28. The smallest absolute Gasteiger partial charge is 0.391 e. The number of phosphoric ester groups is 1. The summed E-state index contributed by atoms with van der Waals surface area (Å²) in [6, 6.07) is -0.753. The number of likely N-dealkylation sites (N-methyl/N-ethyl adjacent to an activating group) is 1. The standard InChI is InChI=1S/C48H99N2O6P/c1-6-8-10-12-14-16-18-20-21-22-23-24-25-26-27-28-30-32-34-36-38-40-42-48(52)49-46(45-56-57(53,54)55-44-43-50(3,4)5)47(51)41-39-37-35-33-31-29-19-17-15-13-11-9-7-2/h46-47,51H,6-45H2,1-5H3,(H-,49,52,53,54)/p+1. The summed E-state index contributed by atoms with van der Waals surface area (Å²) in [5.41, 5.74) is 0. The van der Waals surface area contributed by atoms with E-state index in [1.807, 2.05) is 21.1 Å². The molecule has 9 heteroatoms. The van der Waals surface area contributed by atoms with Crippen molar-refractivity contribution in [3.63, 3.8) is 0 Å². The molecule has 3 unspecified atom stereocenters. The summed E-state index contributed by atoms with van der Waals surface area (Å²) in [4.78, 5) is 23.2. The predicted octanol–water partition coefficient (Wildman–Crippen LogP) is 14.1. The van der Waals surface area contributed by atoms with E-state index < -0.39 is 20.0 Å². The lowest BCUT2D eigenvalue weighted by Gasteiger charge is -2.26. The van der Waals surface area contributed by atoms with Crippen LogP contribution in [-0.4, -0.2) is 73.4 Å². The van der Waals surface area contributed by atoms with Gasteiger partial charge in [-0.2, -0.15) is 0 Å². The molecule has 0 aliphatic carbocycles. The van der Waals surface area contributed by atoms with Crippen LogP contribution in [0, 0.1) is 0 Å². The number of amides is 1. The van der Waals surface area contributed by atoms with Crippen molar-refractivity contribution in [3.05, 3.63) is 0 Å². The number of phosphoric acid groups is 1. The van der Waals surface area contributed by atoms with E-state index in [9.17, 15) is 19.4 Å². The third-order valence-electron chi connectivity index (χ3n) is 11.6. The van der Waals surface area contributed by atoms with Gasteiger partial charge in [0, 0.05) is 6.42 Å². The molecule has 0 radical (unpaired) electrons. The van der Waals surface area contributed by atoms with Gasteiger partial charge in [-0.1, -0.05) is 232 Å². The van der Waals surface area contributed by atoms with Gasteiger partial charge < -0.3 is 19.8 Å². The molecule has 1 amide bonds. The molecule has 0 fully saturated rings. The lowest BCUT2D eigenvalue weighted by atomic mass is 10.0. The SMILES string of the molecule is CCCCCCCCCCCCCCCCCCCCCCCCC(=O)NC(COP(=O)(O)OCC[N+](C)(C)C)C(O)CCCCCCCCCCCCCCC. The molecule has 3 N–H and O–H groups in total. The monoisotopic (exact) mass is 832 g/mol. The van der Waals surface area contributed by atoms with Crippen molar-refractivity contribution < 1.29 is 32.9 Å². The Morgan fingerprint density at radius 3 is 1.18 bits per heavy atom. The molecule has 0 spiro atoms. The Hall–Kier alpha value is -0.500. The minimum absolute atomic E-state index is 0.0787. The summed E-state index contributed by atoms with van der Waals surface area (Å²) in [6.45, 7) is 4.92. The number of aliphatic hydroxyl groups is 1. The van der Waals surface area contributed by atoms with E-state index >= 15 is 0 Å². The van der Waals surface area contributed by atoms with Crippen molar-refractivity contribution in [3.8, 4) is 0 Å². The van der Waals surface area contributed by atoms with E-state index in [0.717, 1.165) is 38.5 Å². The van der Waals surface area contributed by atoms with Crippen molar-refractivity contribution in [2.45, 2.75) is 264 Å². The summed E-state index contributed by atoms with van der Waals surface area (Å²) < 4.78 is 23.7. The lowest BCUT2D eigenvalue weighted by Crippen LogP contribution is -2.46. The van der Waals surface area contributed by atoms with Gasteiger partial charge in [-0.15, -0.1) is 0 Å². The van der Waals surface area contributed by atoms with Gasteiger partial charge in [-0.05, 0) is 12.8 Å². The van der Waals surface area contributed by atoms with Crippen LogP contribution in [0.2, 0.25) is 0 Å². The molecule has 0 aromatic heterocycles. The van der Waals surface area contributed by atoms with Gasteiger partial charge >= 0.3 is 7.82 Å². The van der Waals surface area contributed by atoms with Gasteiger partial charge in [0.1, 0.15) is 13.2 Å². The molecule has 0 aliphatic heterocycles. The fraction of sp³-hybridized carbons (Fsp3) is 0.979. The minimum atomic E-state index is -4.31. The third-order valence-corrected chi connectivity index (χ3v) is 12.6. The fourth-order valence-corrected chi connectivity index (χ4v) is 8.37. The molecule has 0 rings (SSSR count). The van der Waals surface area contributed by atoms with E-state index in [-0.39, 0.29) is 19.1 Å². The highest BCUT2D eigenvalue weighted by molar-refractivity contribution is 7.47. The molecule has 0 aromatic rings. The average Bonchev–Trinajstić information content (AvgIpc) is 3.16. The summed E-state index contributed by atoms with van der Waals surface area (Å²) >= 11 is 0. The molecule has 8 nitrogen and oxygen atoms in total. The molecule has 0 bridgehead atoms. The highest BCUT2D eigenvalue weighted by atomic mass is 31.2. The van der Waals surface area contributed by atoms with Gasteiger partial charge in [-0.3, -0.25) is 13.8 Å². The molecule has 0 heterocycles. The fourth-order valence-electron chi connectivity index (χ4n) is 7.64. The van der Waals surface area contributed by atoms with Gasteiger partial charge in [0.05, 0.1) is 39.9 Å².